The molecule has 5 heteroatoms. The van der Waals surface area contributed by atoms with Crippen LogP contribution in [0.4, 0.5) is 4.79 Å². The van der Waals surface area contributed by atoms with Crippen LogP contribution in [0.25, 0.3) is 0 Å². The van der Waals surface area contributed by atoms with Gasteiger partial charge < -0.3 is 20.6 Å². The van der Waals surface area contributed by atoms with Crippen molar-refractivity contribution in [2.45, 2.75) is 44.7 Å². The summed E-state index contributed by atoms with van der Waals surface area (Å²) in [7, 11) is 0. The Hall–Kier alpha value is -1.59. The van der Waals surface area contributed by atoms with Crippen LogP contribution in [0.15, 0.2) is 30.3 Å². The molecule has 0 aliphatic carbocycles. The molecule has 1 aromatic carbocycles. The zero-order valence-electron chi connectivity index (χ0n) is 14.0. The van der Waals surface area contributed by atoms with Gasteiger partial charge in [0.2, 0.25) is 0 Å². The fourth-order valence-electron chi connectivity index (χ4n) is 3.09. The van der Waals surface area contributed by atoms with E-state index >= 15 is 0 Å². The molecule has 2 atom stereocenters. The molecule has 0 radical (unpaired) electrons. The van der Waals surface area contributed by atoms with Crippen molar-refractivity contribution in [1.82, 2.24) is 15.5 Å². The molecule has 0 aromatic heterocycles. The Morgan fingerprint density at radius 3 is 2.52 bits per heavy atom. The number of urea groups is 1. The highest BCUT2D eigenvalue weighted by atomic mass is 16.3. The van der Waals surface area contributed by atoms with Crippen LogP contribution in [0.3, 0.4) is 0 Å². The fourth-order valence-corrected chi connectivity index (χ4v) is 3.09. The van der Waals surface area contributed by atoms with Crippen LogP contribution in [0.5, 0.6) is 0 Å². The Morgan fingerprint density at radius 1 is 1.17 bits per heavy atom. The topological polar surface area (TPSA) is 64.6 Å². The van der Waals surface area contributed by atoms with Gasteiger partial charge in [0.05, 0.1) is 12.6 Å². The SMILES string of the molecule is CC(CN1CCCCC1)NC(=O)NC(CO)Cc1ccccc1. The molecular weight excluding hydrogens is 290 g/mol. The molecule has 2 amide bonds. The van der Waals surface area contributed by atoms with Gasteiger partial charge in [0.1, 0.15) is 0 Å². The number of benzene rings is 1. The molecule has 1 fully saturated rings. The minimum atomic E-state index is -0.264. The Morgan fingerprint density at radius 2 is 1.87 bits per heavy atom. The van der Waals surface area contributed by atoms with Crippen LogP contribution >= 0.6 is 0 Å². The third-order valence-corrected chi connectivity index (χ3v) is 4.24. The number of carbonyl (C=O) groups excluding carboxylic acids is 1. The molecule has 2 unspecified atom stereocenters. The largest absolute Gasteiger partial charge is 0.394 e. The van der Waals surface area contributed by atoms with Gasteiger partial charge in [0, 0.05) is 12.6 Å². The number of piperidine rings is 1. The van der Waals surface area contributed by atoms with E-state index in [1.165, 1.54) is 19.3 Å². The second-order valence-electron chi connectivity index (χ2n) is 6.45. The number of carbonyl (C=O) groups is 1. The van der Waals surface area contributed by atoms with Gasteiger partial charge in [-0.3, -0.25) is 0 Å². The highest BCUT2D eigenvalue weighted by Crippen LogP contribution is 2.08. The minimum absolute atomic E-state index is 0.0666. The van der Waals surface area contributed by atoms with Gasteiger partial charge >= 0.3 is 6.03 Å². The summed E-state index contributed by atoms with van der Waals surface area (Å²) in [5.41, 5.74) is 1.10. The number of aliphatic hydroxyl groups is 1. The van der Waals surface area contributed by atoms with Crippen LogP contribution in [-0.4, -0.2) is 54.4 Å². The summed E-state index contributed by atoms with van der Waals surface area (Å²) in [6.45, 7) is 5.10. The summed E-state index contributed by atoms with van der Waals surface area (Å²) >= 11 is 0. The number of aliphatic hydroxyl groups excluding tert-OH is 1. The van der Waals surface area contributed by atoms with Crippen molar-refractivity contribution < 1.29 is 9.90 Å². The Labute approximate surface area is 139 Å². The van der Waals surface area contributed by atoms with E-state index < -0.39 is 0 Å². The number of nitrogens with zero attached hydrogens (tertiary/aromatic N) is 1. The molecule has 23 heavy (non-hydrogen) atoms. The lowest BCUT2D eigenvalue weighted by molar-refractivity contribution is 0.195. The average Bonchev–Trinajstić information content (AvgIpc) is 2.56. The first-order valence-electron chi connectivity index (χ1n) is 8.61. The molecule has 2 rings (SSSR count). The van der Waals surface area contributed by atoms with Gasteiger partial charge in [-0.15, -0.1) is 0 Å². The Kier molecular flexibility index (Phi) is 7.36. The first-order chi connectivity index (χ1) is 11.2. The van der Waals surface area contributed by atoms with E-state index in [4.69, 9.17) is 0 Å². The van der Waals surface area contributed by atoms with Gasteiger partial charge in [-0.25, -0.2) is 4.79 Å². The van der Waals surface area contributed by atoms with E-state index in [0.29, 0.717) is 6.42 Å². The summed E-state index contributed by atoms with van der Waals surface area (Å²) in [6.07, 6.45) is 4.45. The van der Waals surface area contributed by atoms with E-state index in [1.807, 2.05) is 37.3 Å². The number of hydrogen-bond donors (Lipinski definition) is 3. The molecule has 1 aliphatic heterocycles. The van der Waals surface area contributed by atoms with Crippen molar-refractivity contribution in [3.63, 3.8) is 0 Å². The van der Waals surface area contributed by atoms with Gasteiger partial charge in [-0.1, -0.05) is 36.8 Å². The molecule has 1 saturated heterocycles. The molecule has 5 nitrogen and oxygen atoms in total. The van der Waals surface area contributed by atoms with Crippen molar-refractivity contribution in [2.24, 2.45) is 0 Å². The van der Waals surface area contributed by atoms with E-state index in [-0.39, 0.29) is 24.7 Å². The van der Waals surface area contributed by atoms with Crippen LogP contribution < -0.4 is 10.6 Å². The lowest BCUT2D eigenvalue weighted by atomic mass is 10.1. The zero-order chi connectivity index (χ0) is 16.5. The number of rotatable bonds is 7. The zero-order valence-corrected chi connectivity index (χ0v) is 14.0. The van der Waals surface area contributed by atoms with E-state index in [0.717, 1.165) is 25.2 Å². The molecular formula is C18H29N3O2. The quantitative estimate of drug-likeness (QED) is 0.717. The third-order valence-electron chi connectivity index (χ3n) is 4.24. The molecule has 128 valence electrons. The second-order valence-corrected chi connectivity index (χ2v) is 6.45. The third kappa shape index (κ3) is 6.59. The van der Waals surface area contributed by atoms with Crippen molar-refractivity contribution in [3.05, 3.63) is 35.9 Å². The molecule has 1 aromatic rings. The molecule has 1 heterocycles. The summed E-state index contributed by atoms with van der Waals surface area (Å²) in [4.78, 5) is 14.5. The number of hydrogen-bond acceptors (Lipinski definition) is 3. The first-order valence-corrected chi connectivity index (χ1v) is 8.61. The van der Waals surface area contributed by atoms with Crippen LogP contribution in [0.2, 0.25) is 0 Å². The van der Waals surface area contributed by atoms with Crippen molar-refractivity contribution in [2.75, 3.05) is 26.2 Å². The highest BCUT2D eigenvalue weighted by Gasteiger charge is 2.17. The molecule has 0 spiro atoms. The summed E-state index contributed by atoms with van der Waals surface area (Å²) in [5, 5.41) is 15.3. The maximum atomic E-state index is 12.1. The smallest absolute Gasteiger partial charge is 0.315 e. The predicted molar refractivity (Wildman–Crippen MR) is 92.4 cm³/mol. The van der Waals surface area contributed by atoms with E-state index in [1.54, 1.807) is 0 Å². The summed E-state index contributed by atoms with van der Waals surface area (Å²) in [5.74, 6) is 0. The van der Waals surface area contributed by atoms with Crippen molar-refractivity contribution >= 4 is 6.03 Å². The van der Waals surface area contributed by atoms with E-state index in [2.05, 4.69) is 15.5 Å². The van der Waals surface area contributed by atoms with Crippen LogP contribution in [0, 0.1) is 0 Å². The van der Waals surface area contributed by atoms with Crippen molar-refractivity contribution in [3.8, 4) is 0 Å². The lowest BCUT2D eigenvalue weighted by Crippen LogP contribution is -2.50. The number of amides is 2. The molecule has 1 aliphatic rings. The average molecular weight is 319 g/mol. The monoisotopic (exact) mass is 319 g/mol. The molecule has 0 saturated carbocycles. The maximum Gasteiger partial charge on any atom is 0.315 e. The number of likely N-dealkylation sites (tertiary alicyclic amines) is 1. The Bertz CT molecular complexity index is 461. The van der Waals surface area contributed by atoms with Gasteiger partial charge in [0.15, 0.2) is 0 Å². The predicted octanol–water partition coefficient (Wildman–Crippen LogP) is 1.76. The van der Waals surface area contributed by atoms with Gasteiger partial charge in [-0.2, -0.15) is 0 Å². The van der Waals surface area contributed by atoms with Gasteiger partial charge in [0.25, 0.3) is 0 Å². The van der Waals surface area contributed by atoms with Crippen LogP contribution in [0.1, 0.15) is 31.7 Å². The second kappa shape index (κ2) is 9.53. The van der Waals surface area contributed by atoms with Crippen LogP contribution in [-0.2, 0) is 6.42 Å². The number of nitrogens with one attached hydrogen (secondary N) is 2. The first kappa shape index (κ1) is 17.8. The summed E-state index contributed by atoms with van der Waals surface area (Å²) in [6, 6.07) is 9.52. The maximum absolute atomic E-state index is 12.1. The minimum Gasteiger partial charge on any atom is -0.394 e. The molecule has 3 N–H and O–H groups in total. The normalized spacial score (nSPS) is 18.2. The lowest BCUT2D eigenvalue weighted by Gasteiger charge is -2.29. The van der Waals surface area contributed by atoms with Crippen molar-refractivity contribution in [1.29, 1.82) is 0 Å². The fraction of sp³-hybridized carbons (Fsp3) is 0.611. The standard InChI is InChI=1S/C18H29N3O2/c1-15(13-21-10-6-3-7-11-21)19-18(23)20-17(14-22)12-16-8-4-2-5-9-16/h2,4-5,8-9,15,17,22H,3,6-7,10-14H2,1H3,(H2,19,20,23). The summed E-state index contributed by atoms with van der Waals surface area (Å²) < 4.78 is 0. The van der Waals surface area contributed by atoms with Gasteiger partial charge in [-0.05, 0) is 44.8 Å². The Balaban J connectivity index is 1.73. The molecule has 0 bridgehead atoms. The van der Waals surface area contributed by atoms with E-state index in [9.17, 15) is 9.90 Å². The highest BCUT2D eigenvalue weighted by molar-refractivity contribution is 5.74.